The number of sulfone groups is 2. The number of hydrogen-bond acceptors (Lipinski definition) is 5. The summed E-state index contributed by atoms with van der Waals surface area (Å²) in [5, 5.41) is 0.857. The highest BCUT2D eigenvalue weighted by Crippen LogP contribution is 2.17. The molecule has 0 aromatic carbocycles. The summed E-state index contributed by atoms with van der Waals surface area (Å²) in [5.74, 6) is -0.258. The lowest BCUT2D eigenvalue weighted by atomic mass is 10.6. The highest BCUT2D eigenvalue weighted by Gasteiger charge is 2.33. The van der Waals surface area contributed by atoms with E-state index in [4.69, 9.17) is 0 Å². The minimum absolute atomic E-state index is 0.201. The monoisotopic (exact) mass is 223 g/mol. The van der Waals surface area contributed by atoms with Gasteiger partial charge in [0.05, 0.1) is 16.9 Å². The maximum absolute atomic E-state index is 11.2. The van der Waals surface area contributed by atoms with E-state index >= 15 is 0 Å². The highest BCUT2D eigenvalue weighted by molar-refractivity contribution is 8.32. The van der Waals surface area contributed by atoms with Crippen molar-refractivity contribution in [3.63, 3.8) is 0 Å². The zero-order chi connectivity index (χ0) is 10.3. The molecule has 7 heteroatoms. The van der Waals surface area contributed by atoms with Crippen LogP contribution >= 0.6 is 0 Å². The van der Waals surface area contributed by atoms with Gasteiger partial charge >= 0.3 is 0 Å². The van der Waals surface area contributed by atoms with Crippen molar-refractivity contribution in [3.8, 4) is 0 Å². The lowest BCUT2D eigenvalue weighted by molar-refractivity contribution is 0.606. The third-order valence-corrected chi connectivity index (χ3v) is 5.55. The normalized spacial score (nSPS) is 21.1. The Balaban J connectivity index is 3.37. The Morgan fingerprint density at radius 2 is 2.00 bits per heavy atom. The van der Waals surface area contributed by atoms with Crippen LogP contribution in [-0.2, 0) is 19.7 Å². The summed E-state index contributed by atoms with van der Waals surface area (Å²) in [5.41, 5.74) is 0.201. The van der Waals surface area contributed by atoms with Crippen molar-refractivity contribution in [1.82, 2.24) is 0 Å². The van der Waals surface area contributed by atoms with Crippen LogP contribution in [0.5, 0.6) is 0 Å². The van der Waals surface area contributed by atoms with Gasteiger partial charge in [0.2, 0.25) is 19.7 Å². The first-order valence-corrected chi connectivity index (χ1v) is 6.74. The number of nitrogens with zero attached hydrogens (tertiary/aromatic N) is 1. The van der Waals surface area contributed by atoms with E-state index in [1.54, 1.807) is 0 Å². The fraction of sp³-hybridized carbons (Fsp3) is 0.500. The molecule has 0 bridgehead atoms. The highest BCUT2D eigenvalue weighted by atomic mass is 32.3. The molecule has 1 aliphatic rings. The molecule has 0 saturated heterocycles. The fourth-order valence-electron chi connectivity index (χ4n) is 0.879. The molecule has 1 aliphatic heterocycles. The van der Waals surface area contributed by atoms with Crippen molar-refractivity contribution in [3.05, 3.63) is 11.1 Å². The maximum atomic E-state index is 11.2. The molecule has 1 heterocycles. The molecule has 0 atom stereocenters. The van der Waals surface area contributed by atoms with E-state index in [1.807, 2.05) is 0 Å². The predicted molar refractivity (Wildman–Crippen MR) is 49.6 cm³/mol. The van der Waals surface area contributed by atoms with Crippen molar-refractivity contribution >= 4 is 24.1 Å². The third-order valence-electron chi connectivity index (χ3n) is 1.48. The summed E-state index contributed by atoms with van der Waals surface area (Å²) < 4.78 is 44.1. The Kier molecular flexibility index (Phi) is 2.33. The van der Waals surface area contributed by atoms with Crippen LogP contribution in [0.3, 0.4) is 0 Å². The second kappa shape index (κ2) is 2.91. The number of aliphatic imine (C=N–C) groups is 1. The van der Waals surface area contributed by atoms with Crippen LogP contribution in [0, 0.1) is 0 Å². The molecule has 13 heavy (non-hydrogen) atoms. The predicted octanol–water partition coefficient (Wildman–Crippen LogP) is 0.0668. The molecule has 0 aromatic heterocycles. The van der Waals surface area contributed by atoms with Crippen molar-refractivity contribution in [2.45, 2.75) is 13.8 Å². The summed E-state index contributed by atoms with van der Waals surface area (Å²) in [6.45, 7) is 2.82. The molecule has 1 rings (SSSR count). The van der Waals surface area contributed by atoms with Gasteiger partial charge in [-0.25, -0.2) is 21.8 Å². The minimum atomic E-state index is -3.81. The maximum Gasteiger partial charge on any atom is 0.252 e. The molecule has 0 unspecified atom stereocenters. The van der Waals surface area contributed by atoms with Gasteiger partial charge in [0.15, 0.2) is 0 Å². The van der Waals surface area contributed by atoms with Gasteiger partial charge in [-0.05, 0) is 6.92 Å². The largest absolute Gasteiger partial charge is 0.252 e. The minimum Gasteiger partial charge on any atom is -0.230 e. The Labute approximate surface area is 77.0 Å². The van der Waals surface area contributed by atoms with E-state index in [1.165, 1.54) is 13.8 Å². The van der Waals surface area contributed by atoms with Crippen LogP contribution in [0.2, 0.25) is 0 Å². The van der Waals surface area contributed by atoms with Crippen LogP contribution in [0.15, 0.2) is 16.1 Å². The van der Waals surface area contributed by atoms with Crippen LogP contribution < -0.4 is 0 Å². The third kappa shape index (κ3) is 1.80. The Bertz CT molecular complexity index is 481. The number of allylic oxidation sites excluding steroid dienone is 1. The second-order valence-electron chi connectivity index (χ2n) is 2.59. The van der Waals surface area contributed by atoms with Crippen molar-refractivity contribution < 1.29 is 16.8 Å². The van der Waals surface area contributed by atoms with Gasteiger partial charge in [-0.2, -0.15) is 0 Å². The van der Waals surface area contributed by atoms with E-state index in [0.717, 1.165) is 5.41 Å². The van der Waals surface area contributed by atoms with Gasteiger partial charge < -0.3 is 0 Å². The summed E-state index contributed by atoms with van der Waals surface area (Å²) in [7, 11) is -7.53. The van der Waals surface area contributed by atoms with E-state index in [0.29, 0.717) is 0 Å². The van der Waals surface area contributed by atoms with E-state index < -0.39 is 24.1 Å². The second-order valence-corrected chi connectivity index (χ2v) is 6.75. The van der Waals surface area contributed by atoms with E-state index in [9.17, 15) is 16.8 Å². The van der Waals surface area contributed by atoms with Crippen LogP contribution in [-0.4, -0.2) is 27.0 Å². The number of hydrogen-bond donors (Lipinski definition) is 0. The fourth-order valence-corrected chi connectivity index (χ4v) is 4.20. The molecule has 5 nitrogen and oxygen atoms in total. The SMILES string of the molecule is CCS(=O)(=O)C1=NC(C)=CS1(=O)=O. The van der Waals surface area contributed by atoms with Gasteiger partial charge in [0.1, 0.15) is 0 Å². The number of rotatable bonds is 1. The summed E-state index contributed by atoms with van der Waals surface area (Å²) >= 11 is 0. The van der Waals surface area contributed by atoms with Gasteiger partial charge in [0, 0.05) is 0 Å². The molecule has 0 amide bonds. The zero-order valence-corrected chi connectivity index (χ0v) is 8.81. The average Bonchev–Trinajstić information content (AvgIpc) is 2.25. The molecular weight excluding hydrogens is 214 g/mol. The smallest absolute Gasteiger partial charge is 0.230 e. The van der Waals surface area contributed by atoms with Gasteiger partial charge in [0.25, 0.3) is 4.38 Å². The van der Waals surface area contributed by atoms with Gasteiger partial charge in [-0.3, -0.25) is 0 Å². The Morgan fingerprint density at radius 3 is 2.31 bits per heavy atom. The first kappa shape index (κ1) is 10.4. The van der Waals surface area contributed by atoms with Crippen LogP contribution in [0.1, 0.15) is 13.8 Å². The first-order valence-electron chi connectivity index (χ1n) is 3.54. The summed E-state index contributed by atoms with van der Waals surface area (Å²) in [6.07, 6.45) is 0. The lowest BCUT2D eigenvalue weighted by Gasteiger charge is -1.97. The molecule has 0 radical (unpaired) electrons. The molecule has 0 fully saturated rings. The zero-order valence-electron chi connectivity index (χ0n) is 7.18. The lowest BCUT2D eigenvalue weighted by Crippen LogP contribution is -2.22. The van der Waals surface area contributed by atoms with Gasteiger partial charge in [-0.15, -0.1) is 0 Å². The molecule has 74 valence electrons. The summed E-state index contributed by atoms with van der Waals surface area (Å²) in [4.78, 5) is 3.49. The molecular formula is C6H9NO4S2. The molecule has 0 saturated carbocycles. The van der Waals surface area contributed by atoms with Crippen LogP contribution in [0.25, 0.3) is 0 Å². The van der Waals surface area contributed by atoms with E-state index in [2.05, 4.69) is 4.99 Å². The van der Waals surface area contributed by atoms with Gasteiger partial charge in [-0.1, -0.05) is 6.92 Å². The Hall–Kier alpha value is -0.690. The summed E-state index contributed by atoms with van der Waals surface area (Å²) in [6, 6.07) is 0. The van der Waals surface area contributed by atoms with Crippen LogP contribution in [0.4, 0.5) is 0 Å². The topological polar surface area (TPSA) is 80.6 Å². The van der Waals surface area contributed by atoms with Crippen molar-refractivity contribution in [1.29, 1.82) is 0 Å². The first-order chi connectivity index (χ1) is 5.79. The van der Waals surface area contributed by atoms with Crippen molar-refractivity contribution in [2.75, 3.05) is 5.75 Å². The molecule has 0 aliphatic carbocycles. The quantitative estimate of drug-likeness (QED) is 0.629. The molecule has 0 spiro atoms. The Morgan fingerprint density at radius 1 is 1.46 bits per heavy atom. The van der Waals surface area contributed by atoms with E-state index in [-0.39, 0.29) is 11.4 Å². The standard InChI is InChI=1S/C6H9NO4S2/c1-3-12(8,9)6-7-5(2)4-13(6,10)11/h4H,3H2,1-2H3. The molecule has 0 aromatic rings. The van der Waals surface area contributed by atoms with Crippen molar-refractivity contribution in [2.24, 2.45) is 4.99 Å². The molecule has 0 N–H and O–H groups in total. The average molecular weight is 223 g/mol.